The highest BCUT2D eigenvalue weighted by Gasteiger charge is 2.40. The predicted molar refractivity (Wildman–Crippen MR) is 106 cm³/mol. The van der Waals surface area contributed by atoms with E-state index in [1.54, 1.807) is 13.1 Å². The van der Waals surface area contributed by atoms with E-state index in [-0.39, 0.29) is 6.09 Å². The van der Waals surface area contributed by atoms with Crippen molar-refractivity contribution in [2.24, 2.45) is 0 Å². The summed E-state index contributed by atoms with van der Waals surface area (Å²) in [4.78, 5) is 17.1. The molecule has 1 saturated carbocycles. The van der Waals surface area contributed by atoms with Crippen LogP contribution < -0.4 is 5.32 Å². The van der Waals surface area contributed by atoms with Gasteiger partial charge in [-0.25, -0.2) is 4.79 Å². The molecule has 0 atom stereocenters. The molecule has 1 aromatic heterocycles. The number of rotatable bonds is 3. The average Bonchev–Trinajstić information content (AvgIpc) is 3.24. The van der Waals surface area contributed by atoms with E-state index in [2.05, 4.69) is 26.0 Å². The topological polar surface area (TPSA) is 78.2 Å². The quantitative estimate of drug-likeness (QED) is 0.843. The molecule has 0 aromatic carbocycles. The zero-order valence-electron chi connectivity index (χ0n) is 16.2. The van der Waals surface area contributed by atoms with Gasteiger partial charge >= 0.3 is 6.09 Å². The van der Waals surface area contributed by atoms with Gasteiger partial charge in [-0.3, -0.25) is 4.98 Å². The SMILES string of the molecule is CCOC(=O)NC.N#CC1(c2ccc(Cl)cn2)CCC(N2CCCC2)CC1. The zero-order valence-corrected chi connectivity index (χ0v) is 17.0. The first-order valence-corrected chi connectivity index (χ1v) is 10.0. The van der Waals surface area contributed by atoms with Crippen LogP contribution in [0.15, 0.2) is 18.3 Å². The molecule has 2 aliphatic rings. The second-order valence-electron chi connectivity index (χ2n) is 7.00. The molecular formula is C20H29ClN4O2. The number of ether oxygens (including phenoxy) is 1. The summed E-state index contributed by atoms with van der Waals surface area (Å²) in [6, 6.07) is 6.97. The number of alkyl carbamates (subject to hydrolysis) is 1. The van der Waals surface area contributed by atoms with Crippen molar-refractivity contribution in [3.05, 3.63) is 29.0 Å². The number of nitrogens with one attached hydrogen (secondary N) is 1. The number of nitrogens with zero attached hydrogens (tertiary/aromatic N) is 3. The number of pyridine rings is 1. The van der Waals surface area contributed by atoms with Crippen LogP contribution in [0.25, 0.3) is 0 Å². The second kappa shape index (κ2) is 10.5. The van der Waals surface area contributed by atoms with Crippen LogP contribution in [0.2, 0.25) is 5.02 Å². The highest BCUT2D eigenvalue weighted by atomic mass is 35.5. The van der Waals surface area contributed by atoms with Gasteiger partial charge in [0.15, 0.2) is 0 Å². The number of aromatic nitrogens is 1. The summed E-state index contributed by atoms with van der Waals surface area (Å²) in [5.74, 6) is 0. The highest BCUT2D eigenvalue weighted by Crippen LogP contribution is 2.40. The Hall–Kier alpha value is -1.84. The summed E-state index contributed by atoms with van der Waals surface area (Å²) in [6.45, 7) is 4.67. The minimum Gasteiger partial charge on any atom is -0.450 e. The molecule has 148 valence electrons. The number of carbonyl (C=O) groups excluding carboxylic acids is 1. The van der Waals surface area contributed by atoms with E-state index >= 15 is 0 Å². The van der Waals surface area contributed by atoms with Gasteiger partial charge < -0.3 is 15.0 Å². The summed E-state index contributed by atoms with van der Waals surface area (Å²) in [5.41, 5.74) is 0.491. The van der Waals surface area contributed by atoms with Crippen LogP contribution in [0.4, 0.5) is 4.79 Å². The molecule has 0 bridgehead atoms. The van der Waals surface area contributed by atoms with Crippen LogP contribution in [0.1, 0.15) is 51.1 Å². The average molecular weight is 393 g/mol. The maximum atomic E-state index is 10.1. The van der Waals surface area contributed by atoms with Gasteiger partial charge in [0.05, 0.1) is 28.8 Å². The lowest BCUT2D eigenvalue weighted by Crippen LogP contribution is -2.41. The van der Waals surface area contributed by atoms with E-state index < -0.39 is 5.41 Å². The first-order valence-electron chi connectivity index (χ1n) is 9.66. The van der Waals surface area contributed by atoms with Crippen molar-refractivity contribution >= 4 is 17.7 Å². The Morgan fingerprint density at radius 3 is 2.52 bits per heavy atom. The molecule has 2 fully saturated rings. The van der Waals surface area contributed by atoms with Gasteiger partial charge in [0, 0.05) is 19.3 Å². The summed E-state index contributed by atoms with van der Waals surface area (Å²) in [7, 11) is 1.53. The molecule has 3 rings (SSSR count). The van der Waals surface area contributed by atoms with Gasteiger partial charge in [-0.15, -0.1) is 0 Å². The van der Waals surface area contributed by atoms with Crippen molar-refractivity contribution in [2.75, 3.05) is 26.7 Å². The minimum atomic E-state index is -0.402. The lowest BCUT2D eigenvalue weighted by molar-refractivity contribution is 0.154. The third-order valence-corrected chi connectivity index (χ3v) is 5.60. The summed E-state index contributed by atoms with van der Waals surface area (Å²) >= 11 is 5.90. The maximum Gasteiger partial charge on any atom is 0.406 e. The molecule has 27 heavy (non-hydrogen) atoms. The van der Waals surface area contributed by atoms with E-state index in [4.69, 9.17) is 11.6 Å². The number of hydrogen-bond acceptors (Lipinski definition) is 5. The van der Waals surface area contributed by atoms with Crippen molar-refractivity contribution < 1.29 is 9.53 Å². The Balaban J connectivity index is 0.000000321. The highest BCUT2D eigenvalue weighted by molar-refractivity contribution is 6.30. The minimum absolute atomic E-state index is 0.373. The molecule has 1 saturated heterocycles. The molecule has 0 radical (unpaired) electrons. The molecule has 2 heterocycles. The summed E-state index contributed by atoms with van der Waals surface area (Å²) in [5, 5.41) is 12.6. The van der Waals surface area contributed by atoms with E-state index in [9.17, 15) is 10.1 Å². The van der Waals surface area contributed by atoms with E-state index in [1.165, 1.54) is 33.0 Å². The second-order valence-corrected chi connectivity index (χ2v) is 7.44. The van der Waals surface area contributed by atoms with E-state index in [0.29, 0.717) is 17.7 Å². The molecule has 1 aliphatic carbocycles. The number of likely N-dealkylation sites (tertiary alicyclic amines) is 1. The van der Waals surface area contributed by atoms with Crippen molar-refractivity contribution in [3.63, 3.8) is 0 Å². The smallest absolute Gasteiger partial charge is 0.406 e. The Morgan fingerprint density at radius 1 is 1.41 bits per heavy atom. The number of hydrogen-bond donors (Lipinski definition) is 1. The zero-order chi connectivity index (χ0) is 19.7. The monoisotopic (exact) mass is 392 g/mol. The van der Waals surface area contributed by atoms with E-state index in [1.807, 2.05) is 12.1 Å². The van der Waals surface area contributed by atoms with Gasteiger partial charge in [-0.2, -0.15) is 5.26 Å². The van der Waals surface area contributed by atoms with Gasteiger partial charge in [0.2, 0.25) is 0 Å². The van der Waals surface area contributed by atoms with Crippen molar-refractivity contribution in [2.45, 2.75) is 56.9 Å². The van der Waals surface area contributed by atoms with Crippen molar-refractivity contribution in [1.29, 1.82) is 5.26 Å². The Morgan fingerprint density at radius 2 is 2.07 bits per heavy atom. The molecule has 1 N–H and O–H groups in total. The number of halogens is 1. The lowest BCUT2D eigenvalue weighted by atomic mass is 9.71. The van der Waals surface area contributed by atoms with Gasteiger partial charge in [0.25, 0.3) is 0 Å². The maximum absolute atomic E-state index is 10.1. The molecule has 6 nitrogen and oxygen atoms in total. The van der Waals surface area contributed by atoms with Crippen LogP contribution in [-0.2, 0) is 10.2 Å². The van der Waals surface area contributed by atoms with Crippen LogP contribution in [0.3, 0.4) is 0 Å². The van der Waals surface area contributed by atoms with Gasteiger partial charge in [-0.1, -0.05) is 11.6 Å². The van der Waals surface area contributed by atoms with Gasteiger partial charge in [-0.05, 0) is 70.7 Å². The van der Waals surface area contributed by atoms with Crippen LogP contribution in [-0.4, -0.2) is 48.8 Å². The molecule has 7 heteroatoms. The fourth-order valence-corrected chi connectivity index (χ4v) is 3.97. The molecule has 1 aliphatic heterocycles. The van der Waals surface area contributed by atoms with Crippen molar-refractivity contribution in [3.8, 4) is 6.07 Å². The Labute approximate surface area is 166 Å². The normalized spacial score (nSPS) is 25.0. The fraction of sp³-hybridized carbons (Fsp3) is 0.650. The van der Waals surface area contributed by atoms with Crippen LogP contribution in [0, 0.1) is 11.3 Å². The largest absolute Gasteiger partial charge is 0.450 e. The molecule has 1 amide bonds. The lowest BCUT2D eigenvalue weighted by Gasteiger charge is -2.38. The number of amides is 1. The first kappa shape index (κ1) is 21.5. The molecular weight excluding hydrogens is 364 g/mol. The first-order chi connectivity index (χ1) is 13.0. The number of carbonyl (C=O) groups is 1. The van der Waals surface area contributed by atoms with Crippen LogP contribution >= 0.6 is 11.6 Å². The number of nitriles is 1. The molecule has 1 aromatic rings. The van der Waals surface area contributed by atoms with Crippen molar-refractivity contribution in [1.82, 2.24) is 15.2 Å². The third kappa shape index (κ3) is 5.82. The third-order valence-electron chi connectivity index (χ3n) is 5.38. The predicted octanol–water partition coefficient (Wildman–Crippen LogP) is 3.90. The molecule has 0 unspecified atom stereocenters. The van der Waals surface area contributed by atoms with Crippen LogP contribution in [0.5, 0.6) is 0 Å². The van der Waals surface area contributed by atoms with Gasteiger partial charge in [0.1, 0.15) is 0 Å². The van der Waals surface area contributed by atoms with E-state index in [0.717, 1.165) is 31.4 Å². The Kier molecular flexibility index (Phi) is 8.33. The Bertz CT molecular complexity index is 630. The fourth-order valence-electron chi connectivity index (χ4n) is 3.85. The summed E-state index contributed by atoms with van der Waals surface area (Å²) < 4.78 is 4.44. The summed E-state index contributed by atoms with van der Waals surface area (Å²) in [6.07, 6.45) is 8.00. The molecule has 0 spiro atoms. The standard InChI is InChI=1S/C16H20ClN3.C4H9NO2/c17-13-3-4-15(19-11-13)16(12-18)7-5-14(6-8-16)20-9-1-2-10-20;1-3-7-4(6)5-2/h3-4,11,14H,1-2,5-10H2;3H2,1-2H3,(H,5,6).